The number of carbonyl (C=O) groups excluding carboxylic acids is 1. The Morgan fingerprint density at radius 1 is 0.909 bits per heavy atom. The summed E-state index contributed by atoms with van der Waals surface area (Å²) in [4.78, 5) is 12.2. The molecule has 0 spiro atoms. The Bertz CT molecular complexity index is 1280. The van der Waals surface area contributed by atoms with Crippen molar-refractivity contribution in [3.63, 3.8) is 0 Å². The lowest BCUT2D eigenvalue weighted by Gasteiger charge is -2.26. The van der Waals surface area contributed by atoms with Crippen LogP contribution in [0.25, 0.3) is 10.8 Å². The van der Waals surface area contributed by atoms with Gasteiger partial charge in [0.25, 0.3) is 5.91 Å². The smallest absolute Gasteiger partial charge is 0.277 e. The van der Waals surface area contributed by atoms with Gasteiger partial charge in [0.15, 0.2) is 6.61 Å². The van der Waals surface area contributed by atoms with Crippen LogP contribution in [0.3, 0.4) is 0 Å². The summed E-state index contributed by atoms with van der Waals surface area (Å²) >= 11 is 0. The van der Waals surface area contributed by atoms with Gasteiger partial charge in [-0.05, 0) is 40.1 Å². The average molecular weight is 439 g/mol. The van der Waals surface area contributed by atoms with E-state index in [1.807, 2.05) is 72.8 Å². The van der Waals surface area contributed by atoms with Gasteiger partial charge in [-0.3, -0.25) is 4.79 Å². The van der Waals surface area contributed by atoms with Gasteiger partial charge in [0.1, 0.15) is 11.5 Å². The largest absolute Gasteiger partial charge is 0.507 e. The molecule has 5 heteroatoms. The molecule has 4 aromatic rings. The molecule has 0 saturated heterocycles. The van der Waals surface area contributed by atoms with Crippen LogP contribution in [0.15, 0.2) is 96.1 Å². The second kappa shape index (κ2) is 9.57. The van der Waals surface area contributed by atoms with Crippen LogP contribution in [0.4, 0.5) is 0 Å². The number of fused-ring (bicyclic) bond motifs is 1. The highest BCUT2D eigenvalue weighted by molar-refractivity contribution is 6.02. The minimum Gasteiger partial charge on any atom is -0.507 e. The Kier molecular flexibility index (Phi) is 6.41. The number of nitrogens with one attached hydrogen (secondary N) is 1. The normalized spacial score (nSPS) is 11.6. The summed E-state index contributed by atoms with van der Waals surface area (Å²) in [6, 6.07) is 29.2. The van der Waals surface area contributed by atoms with Crippen molar-refractivity contribution in [1.82, 2.24) is 5.43 Å². The molecule has 0 aliphatic carbocycles. The number of ether oxygens (including phenoxy) is 1. The number of amides is 1. The lowest BCUT2D eigenvalue weighted by molar-refractivity contribution is -0.123. The van der Waals surface area contributed by atoms with Crippen LogP contribution in [0.1, 0.15) is 30.5 Å². The molecule has 4 aromatic carbocycles. The van der Waals surface area contributed by atoms with Gasteiger partial charge < -0.3 is 9.84 Å². The first-order valence-corrected chi connectivity index (χ1v) is 10.8. The fraction of sp³-hybridized carbons (Fsp3) is 0.143. The predicted octanol–water partition coefficient (Wildman–Crippen LogP) is 5.40. The Balaban J connectivity index is 1.35. The minimum atomic E-state index is -0.389. The molecule has 0 heterocycles. The number of carbonyl (C=O) groups is 1. The van der Waals surface area contributed by atoms with Crippen molar-refractivity contribution in [3.8, 4) is 11.5 Å². The summed E-state index contributed by atoms with van der Waals surface area (Å²) < 4.78 is 5.60. The molecule has 0 unspecified atom stereocenters. The molecule has 0 saturated carbocycles. The van der Waals surface area contributed by atoms with E-state index < -0.39 is 0 Å². The van der Waals surface area contributed by atoms with Crippen LogP contribution in [-0.2, 0) is 10.2 Å². The third kappa shape index (κ3) is 5.04. The molecule has 1 amide bonds. The molecule has 0 aromatic heterocycles. The molecule has 5 nitrogen and oxygen atoms in total. The van der Waals surface area contributed by atoms with Crippen molar-refractivity contribution >= 4 is 22.9 Å². The number of aromatic hydroxyl groups is 1. The second-order valence-corrected chi connectivity index (χ2v) is 8.32. The zero-order valence-corrected chi connectivity index (χ0v) is 18.7. The predicted molar refractivity (Wildman–Crippen MR) is 132 cm³/mol. The minimum absolute atomic E-state index is 0.0986. The highest BCUT2D eigenvalue weighted by Crippen LogP contribution is 2.32. The molecule has 0 fully saturated rings. The zero-order valence-electron chi connectivity index (χ0n) is 18.7. The Morgan fingerprint density at radius 3 is 2.33 bits per heavy atom. The van der Waals surface area contributed by atoms with E-state index in [-0.39, 0.29) is 23.7 Å². The molecule has 0 radical (unpaired) electrons. The fourth-order valence-corrected chi connectivity index (χ4v) is 3.76. The monoisotopic (exact) mass is 438 g/mol. The summed E-state index contributed by atoms with van der Waals surface area (Å²) in [5.41, 5.74) is 5.24. The standard InChI is InChI=1S/C28H26N2O3/c1-28(2,21-9-4-3-5-10-21)22-13-15-23(16-14-22)33-19-27(32)30-29-18-25-24-11-7-6-8-20(24)12-17-26(25)31/h3-18,31H,19H2,1-2H3,(H,30,32)/b29-18-. The van der Waals surface area contributed by atoms with Gasteiger partial charge in [0.05, 0.1) is 6.21 Å². The maximum Gasteiger partial charge on any atom is 0.277 e. The zero-order chi connectivity index (χ0) is 23.3. The Morgan fingerprint density at radius 2 is 1.58 bits per heavy atom. The van der Waals surface area contributed by atoms with Crippen molar-refractivity contribution in [2.75, 3.05) is 6.61 Å². The summed E-state index contributed by atoms with van der Waals surface area (Å²) in [7, 11) is 0. The van der Waals surface area contributed by atoms with Crippen LogP contribution in [-0.4, -0.2) is 23.8 Å². The third-order valence-corrected chi connectivity index (χ3v) is 5.77. The number of phenols is 1. The second-order valence-electron chi connectivity index (χ2n) is 8.32. The Hall–Kier alpha value is -4.12. The number of rotatable bonds is 7. The first kappa shape index (κ1) is 22.1. The molecule has 33 heavy (non-hydrogen) atoms. The van der Waals surface area contributed by atoms with Gasteiger partial charge in [-0.25, -0.2) is 5.43 Å². The number of hydrogen-bond acceptors (Lipinski definition) is 4. The van der Waals surface area contributed by atoms with E-state index in [4.69, 9.17) is 4.74 Å². The number of hydrogen-bond donors (Lipinski definition) is 2. The van der Waals surface area contributed by atoms with E-state index >= 15 is 0 Å². The first-order chi connectivity index (χ1) is 15.9. The molecular weight excluding hydrogens is 412 g/mol. The quantitative estimate of drug-likeness (QED) is 0.300. The van der Waals surface area contributed by atoms with E-state index in [1.54, 1.807) is 6.07 Å². The topological polar surface area (TPSA) is 70.9 Å². The van der Waals surface area contributed by atoms with Crippen LogP contribution < -0.4 is 10.2 Å². The van der Waals surface area contributed by atoms with Gasteiger partial charge >= 0.3 is 0 Å². The van der Waals surface area contributed by atoms with Crippen molar-refractivity contribution in [2.24, 2.45) is 5.10 Å². The van der Waals surface area contributed by atoms with Crippen molar-refractivity contribution in [3.05, 3.63) is 108 Å². The Labute approximate surface area is 193 Å². The lowest BCUT2D eigenvalue weighted by Crippen LogP contribution is -2.24. The highest BCUT2D eigenvalue weighted by Gasteiger charge is 2.22. The maximum absolute atomic E-state index is 12.2. The van der Waals surface area contributed by atoms with Crippen LogP contribution >= 0.6 is 0 Å². The fourth-order valence-electron chi connectivity index (χ4n) is 3.76. The van der Waals surface area contributed by atoms with Gasteiger partial charge in [0, 0.05) is 11.0 Å². The lowest BCUT2D eigenvalue weighted by atomic mass is 9.78. The number of benzene rings is 4. The van der Waals surface area contributed by atoms with E-state index in [0.717, 1.165) is 16.3 Å². The first-order valence-electron chi connectivity index (χ1n) is 10.8. The van der Waals surface area contributed by atoms with Crippen molar-refractivity contribution in [2.45, 2.75) is 19.3 Å². The van der Waals surface area contributed by atoms with Gasteiger partial charge in [-0.15, -0.1) is 0 Å². The summed E-state index contributed by atoms with van der Waals surface area (Å²) in [5.74, 6) is 0.314. The molecule has 2 N–H and O–H groups in total. The van der Waals surface area contributed by atoms with Crippen LogP contribution in [0, 0.1) is 0 Å². The SMILES string of the molecule is CC(C)(c1ccccc1)c1ccc(OCC(=O)N/N=C\c2c(O)ccc3ccccc23)cc1. The van der Waals surface area contributed by atoms with Crippen molar-refractivity contribution in [1.29, 1.82) is 0 Å². The molecule has 0 aliphatic rings. The molecule has 166 valence electrons. The molecular formula is C28H26N2O3. The van der Waals surface area contributed by atoms with Gasteiger partial charge in [-0.2, -0.15) is 5.10 Å². The van der Waals surface area contributed by atoms with Gasteiger partial charge in [-0.1, -0.05) is 86.6 Å². The van der Waals surface area contributed by atoms with E-state index in [9.17, 15) is 9.90 Å². The summed E-state index contributed by atoms with van der Waals surface area (Å²) in [6.07, 6.45) is 1.44. The highest BCUT2D eigenvalue weighted by atomic mass is 16.5. The average Bonchev–Trinajstić information content (AvgIpc) is 2.85. The summed E-state index contributed by atoms with van der Waals surface area (Å²) in [6.45, 7) is 4.19. The van der Waals surface area contributed by atoms with Crippen LogP contribution in [0.2, 0.25) is 0 Å². The molecule has 4 rings (SSSR count). The molecule has 0 aliphatic heterocycles. The van der Waals surface area contributed by atoms with Crippen molar-refractivity contribution < 1.29 is 14.6 Å². The van der Waals surface area contributed by atoms with E-state index in [2.05, 4.69) is 36.5 Å². The molecule has 0 atom stereocenters. The third-order valence-electron chi connectivity index (χ3n) is 5.77. The van der Waals surface area contributed by atoms with E-state index in [1.165, 1.54) is 11.8 Å². The van der Waals surface area contributed by atoms with Crippen LogP contribution in [0.5, 0.6) is 11.5 Å². The van der Waals surface area contributed by atoms with E-state index in [0.29, 0.717) is 11.3 Å². The summed E-state index contributed by atoms with van der Waals surface area (Å²) in [5, 5.41) is 16.0. The number of phenolic OH excluding ortho intramolecular Hbond substituents is 1. The number of nitrogens with zero attached hydrogens (tertiary/aromatic N) is 1. The molecule has 0 bridgehead atoms. The number of hydrazone groups is 1. The van der Waals surface area contributed by atoms with Gasteiger partial charge in [0.2, 0.25) is 0 Å². The maximum atomic E-state index is 12.2.